The van der Waals surface area contributed by atoms with E-state index in [0.717, 1.165) is 12.8 Å². The number of carbonyl (C=O) groups excluding carboxylic acids is 1. The zero-order valence-corrected chi connectivity index (χ0v) is 8.13. The average Bonchev–Trinajstić information content (AvgIpc) is 2.11. The normalized spacial score (nSPS) is 23.8. The molecule has 0 aliphatic carbocycles. The first kappa shape index (κ1) is 10.3. The molecular formula is C11H18O2. The van der Waals surface area contributed by atoms with Crippen molar-refractivity contribution in [3.63, 3.8) is 0 Å². The van der Waals surface area contributed by atoms with E-state index in [4.69, 9.17) is 4.74 Å². The molecule has 0 N–H and O–H groups in total. The third-order valence-corrected chi connectivity index (χ3v) is 2.30. The Kier molecular flexibility index (Phi) is 5.30. The minimum absolute atomic E-state index is 0.0863. The van der Waals surface area contributed by atoms with Crippen molar-refractivity contribution >= 4 is 5.97 Å². The van der Waals surface area contributed by atoms with Crippen LogP contribution in [0.2, 0.25) is 0 Å². The highest BCUT2D eigenvalue weighted by molar-refractivity contribution is 5.69. The summed E-state index contributed by atoms with van der Waals surface area (Å²) in [5.41, 5.74) is 0. The summed E-state index contributed by atoms with van der Waals surface area (Å²) in [6, 6.07) is 0. The Morgan fingerprint density at radius 3 is 2.54 bits per heavy atom. The first-order valence-corrected chi connectivity index (χ1v) is 5.24. The lowest BCUT2D eigenvalue weighted by molar-refractivity contribution is -0.138. The molecule has 0 aromatic rings. The number of ether oxygens (including phenoxy) is 1. The summed E-state index contributed by atoms with van der Waals surface area (Å²) >= 11 is 0. The fourth-order valence-corrected chi connectivity index (χ4v) is 1.49. The van der Waals surface area contributed by atoms with E-state index < -0.39 is 0 Å². The van der Waals surface area contributed by atoms with Gasteiger partial charge in [-0.3, -0.25) is 4.79 Å². The predicted molar refractivity (Wildman–Crippen MR) is 52.2 cm³/mol. The minimum atomic E-state index is -0.0863. The van der Waals surface area contributed by atoms with Crippen molar-refractivity contribution in [3.8, 4) is 0 Å². The van der Waals surface area contributed by atoms with Crippen molar-refractivity contribution in [2.45, 2.75) is 51.4 Å². The van der Waals surface area contributed by atoms with Gasteiger partial charge in [0.2, 0.25) is 0 Å². The SMILES string of the molecule is O=C1CCCCCCCC/C=C\O1. The topological polar surface area (TPSA) is 26.3 Å². The van der Waals surface area contributed by atoms with Gasteiger partial charge in [0.05, 0.1) is 6.26 Å². The maximum Gasteiger partial charge on any atom is 0.310 e. The summed E-state index contributed by atoms with van der Waals surface area (Å²) in [5, 5.41) is 0. The second kappa shape index (κ2) is 6.70. The molecule has 1 rings (SSSR count). The quantitative estimate of drug-likeness (QED) is 0.538. The Hall–Kier alpha value is -0.790. The van der Waals surface area contributed by atoms with Gasteiger partial charge in [0.25, 0.3) is 0 Å². The van der Waals surface area contributed by atoms with Gasteiger partial charge in [-0.15, -0.1) is 0 Å². The van der Waals surface area contributed by atoms with Gasteiger partial charge >= 0.3 is 5.97 Å². The van der Waals surface area contributed by atoms with Crippen LogP contribution in [-0.2, 0) is 9.53 Å². The van der Waals surface area contributed by atoms with Gasteiger partial charge in [-0.25, -0.2) is 0 Å². The first-order valence-electron chi connectivity index (χ1n) is 5.24. The number of rotatable bonds is 0. The van der Waals surface area contributed by atoms with Crippen LogP contribution in [0, 0.1) is 0 Å². The molecule has 0 fully saturated rings. The van der Waals surface area contributed by atoms with Crippen molar-refractivity contribution in [2.24, 2.45) is 0 Å². The number of carbonyl (C=O) groups is 1. The number of cyclic esters (lactones) is 1. The molecule has 0 aromatic carbocycles. The van der Waals surface area contributed by atoms with Crippen LogP contribution in [0.3, 0.4) is 0 Å². The van der Waals surface area contributed by atoms with Crippen LogP contribution < -0.4 is 0 Å². The van der Waals surface area contributed by atoms with Gasteiger partial charge in [-0.1, -0.05) is 25.7 Å². The molecule has 0 saturated heterocycles. The summed E-state index contributed by atoms with van der Waals surface area (Å²) in [5.74, 6) is -0.0863. The lowest BCUT2D eigenvalue weighted by Crippen LogP contribution is -1.99. The maximum absolute atomic E-state index is 11.0. The summed E-state index contributed by atoms with van der Waals surface area (Å²) in [7, 11) is 0. The standard InChI is InChI=1S/C11H18O2/c12-11-9-7-5-3-1-2-4-6-8-10-13-11/h8,10H,1-7,9H2/b10-8-. The number of esters is 1. The molecule has 13 heavy (non-hydrogen) atoms. The monoisotopic (exact) mass is 182 g/mol. The van der Waals surface area contributed by atoms with Crippen LogP contribution in [0.25, 0.3) is 0 Å². The molecule has 0 radical (unpaired) electrons. The van der Waals surface area contributed by atoms with Crippen LogP contribution in [0.1, 0.15) is 51.4 Å². The van der Waals surface area contributed by atoms with Crippen molar-refractivity contribution in [1.82, 2.24) is 0 Å². The van der Waals surface area contributed by atoms with Crippen molar-refractivity contribution in [2.75, 3.05) is 0 Å². The lowest BCUT2D eigenvalue weighted by Gasteiger charge is -2.02. The zero-order valence-electron chi connectivity index (χ0n) is 8.13. The van der Waals surface area contributed by atoms with Crippen LogP contribution in [0.5, 0.6) is 0 Å². The molecule has 0 unspecified atom stereocenters. The summed E-state index contributed by atoms with van der Waals surface area (Å²) in [6.07, 6.45) is 12.3. The van der Waals surface area contributed by atoms with Gasteiger partial charge < -0.3 is 4.74 Å². The van der Waals surface area contributed by atoms with E-state index >= 15 is 0 Å². The fourth-order valence-electron chi connectivity index (χ4n) is 1.49. The highest BCUT2D eigenvalue weighted by atomic mass is 16.5. The van der Waals surface area contributed by atoms with Crippen molar-refractivity contribution < 1.29 is 9.53 Å². The third kappa shape index (κ3) is 5.45. The van der Waals surface area contributed by atoms with E-state index in [0.29, 0.717) is 6.42 Å². The molecule has 0 amide bonds. The highest BCUT2D eigenvalue weighted by Gasteiger charge is 2.01. The van der Waals surface area contributed by atoms with Crippen molar-refractivity contribution in [3.05, 3.63) is 12.3 Å². The second-order valence-electron chi connectivity index (χ2n) is 3.52. The number of hydrogen-bond acceptors (Lipinski definition) is 2. The van der Waals surface area contributed by atoms with Crippen molar-refractivity contribution in [1.29, 1.82) is 0 Å². The number of allylic oxidation sites excluding steroid dienone is 1. The van der Waals surface area contributed by atoms with Crippen LogP contribution in [0.15, 0.2) is 12.3 Å². The van der Waals surface area contributed by atoms with E-state index in [1.54, 1.807) is 6.26 Å². The van der Waals surface area contributed by atoms with Gasteiger partial charge in [0, 0.05) is 6.42 Å². The van der Waals surface area contributed by atoms with E-state index in [2.05, 4.69) is 0 Å². The van der Waals surface area contributed by atoms with Crippen LogP contribution in [0.4, 0.5) is 0 Å². The predicted octanol–water partition coefficient (Wildman–Crippen LogP) is 3.18. The van der Waals surface area contributed by atoms with E-state index in [1.807, 2.05) is 6.08 Å². The molecule has 74 valence electrons. The molecule has 0 saturated carbocycles. The second-order valence-corrected chi connectivity index (χ2v) is 3.52. The third-order valence-electron chi connectivity index (χ3n) is 2.30. The molecule has 2 nitrogen and oxygen atoms in total. The Labute approximate surface area is 80.0 Å². The molecular weight excluding hydrogens is 164 g/mol. The molecule has 1 aliphatic rings. The summed E-state index contributed by atoms with van der Waals surface area (Å²) < 4.78 is 4.90. The molecule has 2 heteroatoms. The molecule has 1 aliphatic heterocycles. The minimum Gasteiger partial charge on any atom is -0.435 e. The molecule has 0 bridgehead atoms. The highest BCUT2D eigenvalue weighted by Crippen LogP contribution is 2.10. The Balaban J connectivity index is 2.26. The van der Waals surface area contributed by atoms with E-state index in [1.165, 1.54) is 32.1 Å². The molecule has 0 aromatic heterocycles. The largest absolute Gasteiger partial charge is 0.435 e. The average molecular weight is 182 g/mol. The number of hydrogen-bond donors (Lipinski definition) is 0. The van der Waals surface area contributed by atoms with Gasteiger partial charge in [-0.2, -0.15) is 0 Å². The van der Waals surface area contributed by atoms with E-state index in [9.17, 15) is 4.79 Å². The molecule has 0 spiro atoms. The Bertz CT molecular complexity index is 173. The fraction of sp³-hybridized carbons (Fsp3) is 0.727. The summed E-state index contributed by atoms with van der Waals surface area (Å²) in [6.45, 7) is 0. The van der Waals surface area contributed by atoms with Crippen LogP contribution >= 0.6 is 0 Å². The van der Waals surface area contributed by atoms with Crippen LogP contribution in [-0.4, -0.2) is 5.97 Å². The van der Waals surface area contributed by atoms with Gasteiger partial charge in [0.15, 0.2) is 0 Å². The first-order chi connectivity index (χ1) is 6.39. The summed E-state index contributed by atoms with van der Waals surface area (Å²) in [4.78, 5) is 11.0. The maximum atomic E-state index is 11.0. The van der Waals surface area contributed by atoms with E-state index in [-0.39, 0.29) is 5.97 Å². The van der Waals surface area contributed by atoms with Gasteiger partial charge in [-0.05, 0) is 25.3 Å². The Morgan fingerprint density at radius 1 is 1.00 bits per heavy atom. The molecule has 0 atom stereocenters. The van der Waals surface area contributed by atoms with Gasteiger partial charge in [0.1, 0.15) is 0 Å². The smallest absolute Gasteiger partial charge is 0.310 e. The zero-order chi connectivity index (χ0) is 9.36. The molecule has 1 heterocycles. The lowest BCUT2D eigenvalue weighted by atomic mass is 10.1. The Morgan fingerprint density at radius 2 is 1.69 bits per heavy atom.